The normalized spacial score (nSPS) is 10.6. The quantitative estimate of drug-likeness (QED) is 0.730. The highest BCUT2D eigenvalue weighted by atomic mass is 16.5. The van der Waals surface area contributed by atoms with Gasteiger partial charge in [0.2, 0.25) is 0 Å². The minimum Gasteiger partial charge on any atom is -0.497 e. The summed E-state index contributed by atoms with van der Waals surface area (Å²) in [6.45, 7) is 0.0532. The van der Waals surface area contributed by atoms with Crippen LogP contribution in [0.1, 0.15) is 5.82 Å². The Morgan fingerprint density at radius 1 is 0.875 bits per heavy atom. The van der Waals surface area contributed by atoms with E-state index < -0.39 is 0 Å². The number of aromatic nitrogens is 2. The molecule has 124 valence electrons. The van der Waals surface area contributed by atoms with Gasteiger partial charge in [-0.25, -0.2) is 4.98 Å². The van der Waals surface area contributed by atoms with E-state index in [1.165, 1.54) is 0 Å². The van der Waals surface area contributed by atoms with E-state index in [1.54, 1.807) is 14.2 Å². The van der Waals surface area contributed by atoms with Gasteiger partial charge in [-0.2, -0.15) is 0 Å². The Balaban J connectivity index is 2.05. The predicted molar refractivity (Wildman–Crippen MR) is 93.4 cm³/mol. The number of methoxy groups -OCH3 is 2. The second kappa shape index (κ2) is 7.19. The van der Waals surface area contributed by atoms with E-state index in [0.29, 0.717) is 6.42 Å². The van der Waals surface area contributed by atoms with Crippen molar-refractivity contribution in [3.05, 3.63) is 54.4 Å². The molecular weight excluding hydrogens is 304 g/mol. The molecule has 2 aromatic carbocycles. The van der Waals surface area contributed by atoms with Crippen LogP contribution in [0.5, 0.6) is 11.5 Å². The summed E-state index contributed by atoms with van der Waals surface area (Å²) in [5.74, 6) is 2.37. The maximum atomic E-state index is 9.20. The maximum absolute atomic E-state index is 9.20. The predicted octanol–water partition coefficient (Wildman–Crippen LogP) is 3.30. The van der Waals surface area contributed by atoms with E-state index in [2.05, 4.69) is 9.97 Å². The lowest BCUT2D eigenvalue weighted by atomic mass is 10.0. The van der Waals surface area contributed by atoms with Crippen LogP contribution in [0.15, 0.2) is 48.5 Å². The van der Waals surface area contributed by atoms with E-state index >= 15 is 0 Å². The van der Waals surface area contributed by atoms with Crippen LogP contribution < -0.4 is 9.47 Å². The highest BCUT2D eigenvalue weighted by Crippen LogP contribution is 2.32. The average molecular weight is 324 g/mol. The monoisotopic (exact) mass is 324 g/mol. The lowest BCUT2D eigenvalue weighted by Gasteiger charge is -2.06. The number of benzene rings is 2. The number of nitrogens with zero attached hydrogens (tertiary/aromatic N) is 1. The van der Waals surface area contributed by atoms with Crippen LogP contribution in [0.4, 0.5) is 0 Å². The first-order chi connectivity index (χ1) is 11.7. The molecule has 0 amide bonds. The van der Waals surface area contributed by atoms with E-state index in [-0.39, 0.29) is 6.61 Å². The van der Waals surface area contributed by atoms with Crippen LogP contribution in [0.2, 0.25) is 0 Å². The number of rotatable bonds is 6. The first-order valence-corrected chi connectivity index (χ1v) is 7.73. The first-order valence-electron chi connectivity index (χ1n) is 7.73. The number of H-pyrrole nitrogens is 1. The van der Waals surface area contributed by atoms with Gasteiger partial charge in [-0.15, -0.1) is 0 Å². The standard InChI is InChI=1S/C19H20N2O3/c1-23-15-7-3-13(4-8-15)18-19(21-17(20-18)11-12-22)14-5-9-16(24-2)10-6-14/h3-10,22H,11-12H2,1-2H3,(H,20,21). The van der Waals surface area contributed by atoms with Crippen molar-refractivity contribution >= 4 is 0 Å². The number of aliphatic hydroxyl groups is 1. The molecule has 0 saturated carbocycles. The molecule has 1 heterocycles. The Bertz CT molecular complexity index is 727. The molecule has 0 aliphatic carbocycles. The molecule has 0 saturated heterocycles. The molecule has 2 N–H and O–H groups in total. The van der Waals surface area contributed by atoms with E-state index in [1.807, 2.05) is 48.5 Å². The third-order valence-corrected chi connectivity index (χ3v) is 3.84. The van der Waals surface area contributed by atoms with Crippen molar-refractivity contribution in [1.29, 1.82) is 0 Å². The summed E-state index contributed by atoms with van der Waals surface area (Å²) in [4.78, 5) is 7.98. The van der Waals surface area contributed by atoms with E-state index in [4.69, 9.17) is 9.47 Å². The molecule has 0 fully saturated rings. The van der Waals surface area contributed by atoms with Gasteiger partial charge in [0.05, 0.1) is 32.2 Å². The Kier molecular flexibility index (Phi) is 4.82. The number of aliphatic hydroxyl groups excluding tert-OH is 1. The number of hydrogen-bond acceptors (Lipinski definition) is 4. The molecule has 0 atom stereocenters. The van der Waals surface area contributed by atoms with Gasteiger partial charge >= 0.3 is 0 Å². The summed E-state index contributed by atoms with van der Waals surface area (Å²) in [6.07, 6.45) is 0.485. The second-order valence-corrected chi connectivity index (χ2v) is 5.34. The second-order valence-electron chi connectivity index (χ2n) is 5.34. The van der Waals surface area contributed by atoms with Crippen molar-refractivity contribution in [3.63, 3.8) is 0 Å². The molecule has 24 heavy (non-hydrogen) atoms. The van der Waals surface area contributed by atoms with Crippen molar-refractivity contribution in [2.75, 3.05) is 20.8 Å². The molecule has 5 heteroatoms. The minimum atomic E-state index is 0.0532. The van der Waals surface area contributed by atoms with Crippen LogP contribution in [0, 0.1) is 0 Å². The summed E-state index contributed by atoms with van der Waals surface area (Å²) < 4.78 is 10.4. The Hall–Kier alpha value is -2.79. The molecule has 0 spiro atoms. The van der Waals surface area contributed by atoms with Crippen LogP contribution in [0.25, 0.3) is 22.5 Å². The zero-order valence-electron chi connectivity index (χ0n) is 13.7. The molecule has 3 rings (SSSR count). The highest BCUT2D eigenvalue weighted by Gasteiger charge is 2.14. The van der Waals surface area contributed by atoms with Gasteiger partial charge < -0.3 is 19.6 Å². The Labute approximate surface area is 140 Å². The van der Waals surface area contributed by atoms with Crippen molar-refractivity contribution in [2.24, 2.45) is 0 Å². The largest absolute Gasteiger partial charge is 0.497 e. The van der Waals surface area contributed by atoms with Crippen molar-refractivity contribution in [3.8, 4) is 34.0 Å². The Morgan fingerprint density at radius 3 is 1.92 bits per heavy atom. The van der Waals surface area contributed by atoms with Crippen molar-refractivity contribution < 1.29 is 14.6 Å². The SMILES string of the molecule is COc1ccc(-c2nc(CCO)[nH]c2-c2ccc(OC)cc2)cc1. The third-order valence-electron chi connectivity index (χ3n) is 3.84. The van der Waals surface area contributed by atoms with Crippen LogP contribution in [0.3, 0.4) is 0 Å². The minimum absolute atomic E-state index is 0.0532. The fourth-order valence-electron chi connectivity index (χ4n) is 2.57. The maximum Gasteiger partial charge on any atom is 0.118 e. The third kappa shape index (κ3) is 3.26. The molecule has 1 aromatic heterocycles. The zero-order chi connectivity index (χ0) is 16.9. The number of hydrogen-bond donors (Lipinski definition) is 2. The lowest BCUT2D eigenvalue weighted by molar-refractivity contribution is 0.297. The van der Waals surface area contributed by atoms with E-state index in [0.717, 1.165) is 39.8 Å². The van der Waals surface area contributed by atoms with Gasteiger partial charge in [0, 0.05) is 17.5 Å². The fraction of sp³-hybridized carbons (Fsp3) is 0.211. The van der Waals surface area contributed by atoms with Crippen molar-refractivity contribution in [1.82, 2.24) is 9.97 Å². The molecule has 0 aliphatic heterocycles. The number of ether oxygens (including phenoxy) is 2. The number of imidazole rings is 1. The highest BCUT2D eigenvalue weighted by molar-refractivity contribution is 5.79. The molecular formula is C19H20N2O3. The molecule has 3 aromatic rings. The lowest BCUT2D eigenvalue weighted by Crippen LogP contribution is -1.92. The van der Waals surface area contributed by atoms with E-state index in [9.17, 15) is 5.11 Å². The molecule has 0 bridgehead atoms. The molecule has 0 aliphatic rings. The fourth-order valence-corrected chi connectivity index (χ4v) is 2.57. The average Bonchev–Trinajstić information content (AvgIpc) is 3.06. The number of nitrogens with one attached hydrogen (secondary N) is 1. The molecule has 5 nitrogen and oxygen atoms in total. The van der Waals surface area contributed by atoms with Gasteiger partial charge in [0.1, 0.15) is 17.3 Å². The summed E-state index contributed by atoms with van der Waals surface area (Å²) in [5, 5.41) is 9.20. The van der Waals surface area contributed by atoms with Gasteiger partial charge in [-0.05, 0) is 48.5 Å². The topological polar surface area (TPSA) is 67.4 Å². The molecule has 0 unspecified atom stereocenters. The van der Waals surface area contributed by atoms with Gasteiger partial charge in [-0.3, -0.25) is 0 Å². The van der Waals surface area contributed by atoms with Gasteiger partial charge in [0.15, 0.2) is 0 Å². The number of aromatic amines is 1. The summed E-state index contributed by atoms with van der Waals surface area (Å²) in [5.41, 5.74) is 3.78. The van der Waals surface area contributed by atoms with Crippen LogP contribution in [-0.2, 0) is 6.42 Å². The van der Waals surface area contributed by atoms with Crippen molar-refractivity contribution in [2.45, 2.75) is 6.42 Å². The van der Waals surface area contributed by atoms with Crippen LogP contribution >= 0.6 is 0 Å². The first kappa shape index (κ1) is 16.1. The van der Waals surface area contributed by atoms with Gasteiger partial charge in [0.25, 0.3) is 0 Å². The zero-order valence-corrected chi connectivity index (χ0v) is 13.7. The summed E-state index contributed by atoms with van der Waals surface area (Å²) >= 11 is 0. The smallest absolute Gasteiger partial charge is 0.118 e. The van der Waals surface area contributed by atoms with Crippen LogP contribution in [-0.4, -0.2) is 35.9 Å². The summed E-state index contributed by atoms with van der Waals surface area (Å²) in [6, 6.07) is 15.6. The summed E-state index contributed by atoms with van der Waals surface area (Å²) in [7, 11) is 3.29. The van der Waals surface area contributed by atoms with Gasteiger partial charge in [-0.1, -0.05) is 0 Å². The Morgan fingerprint density at radius 2 is 1.42 bits per heavy atom. The molecule has 0 radical (unpaired) electrons.